The number of piperidine rings is 1. The molecule has 1 atom stereocenters. The largest absolute Gasteiger partial charge is 0.508 e. The fourth-order valence-electron chi connectivity index (χ4n) is 9.39. The molecule has 14 nitrogen and oxygen atoms in total. The molecule has 5 heterocycles. The third-order valence-electron chi connectivity index (χ3n) is 13.3. The summed E-state index contributed by atoms with van der Waals surface area (Å²) in [5.74, 6) is 1.71. The Morgan fingerprint density at radius 2 is 1.52 bits per heavy atom. The molecule has 0 unspecified atom stereocenters. The maximum absolute atomic E-state index is 13.6. The Balaban J connectivity index is 0.797. The maximum Gasteiger partial charge on any atom is 0.289 e. The van der Waals surface area contributed by atoms with Crippen LogP contribution in [0, 0.1) is 26.7 Å². The number of phenolic OH excluding ortho intramolecular Hbond substituents is 2. The lowest BCUT2D eigenvalue weighted by Gasteiger charge is -2.32. The number of aryl methyl sites for hydroxylation is 2. The number of hydrogen-bond donors (Lipinski definition) is 4. The lowest BCUT2D eigenvalue weighted by molar-refractivity contribution is -0.121. The fraction of sp³-hybridized carbons (Fsp3) is 0.340. The number of hydrogen-bond acceptors (Lipinski definition) is 11. The van der Waals surface area contributed by atoms with Crippen LogP contribution in [0.15, 0.2) is 89.9 Å². The van der Waals surface area contributed by atoms with Gasteiger partial charge in [-0.2, -0.15) is 0 Å². The highest BCUT2D eigenvalue weighted by Gasteiger charge is 2.33. The van der Waals surface area contributed by atoms with Gasteiger partial charge in [-0.15, -0.1) is 31.7 Å². The van der Waals surface area contributed by atoms with E-state index in [1.54, 1.807) is 22.0 Å². The lowest BCUT2D eigenvalue weighted by Crippen LogP contribution is -2.33. The minimum Gasteiger partial charge on any atom is -0.508 e. The summed E-state index contributed by atoms with van der Waals surface area (Å²) in [4.78, 5) is 35.7. The number of carbonyl (C=O) groups is 2. The molecule has 16 heteroatoms. The van der Waals surface area contributed by atoms with Crippen molar-refractivity contribution in [2.45, 2.75) is 92.3 Å². The van der Waals surface area contributed by atoms with E-state index in [-0.39, 0.29) is 41.5 Å². The minimum absolute atomic E-state index is 0.000216. The van der Waals surface area contributed by atoms with Gasteiger partial charge < -0.3 is 20.8 Å². The molecule has 0 saturated carbocycles. The topological polar surface area (TPSA) is 176 Å². The third-order valence-corrected chi connectivity index (χ3v) is 14.7. The first-order chi connectivity index (χ1) is 33.3. The number of aromatic hydroxyl groups is 2. The SMILES string of the molecule is CCNC(=O)c1nnc(-c2cc(C(C)C)c(O)cc2O)n1-c1ccc(CC2CCN(Cc3ccc(CNC(=O)C[C@@H]4N=C(c5ccc(Cl)cc5)c5c(sc(C)c5C)-n5c(C)nnc54)cc3)CC2)cc1. The van der Waals surface area contributed by atoms with Crippen molar-refractivity contribution in [2.24, 2.45) is 10.9 Å². The second-order valence-electron chi connectivity index (χ2n) is 18.4. The van der Waals surface area contributed by atoms with Gasteiger partial charge in [-0.25, -0.2) is 0 Å². The summed E-state index contributed by atoms with van der Waals surface area (Å²) >= 11 is 7.97. The average Bonchev–Trinajstić information content (AvgIpc) is 4.00. The molecule has 1 fully saturated rings. The Labute approximate surface area is 411 Å². The molecule has 4 aromatic carbocycles. The number of aliphatic imine (C=N–C) groups is 1. The number of fused-ring (bicyclic) bond motifs is 3. The van der Waals surface area contributed by atoms with Crippen LogP contribution in [0.2, 0.25) is 5.02 Å². The van der Waals surface area contributed by atoms with E-state index >= 15 is 0 Å². The van der Waals surface area contributed by atoms with Crippen LogP contribution in [0.3, 0.4) is 0 Å². The van der Waals surface area contributed by atoms with Gasteiger partial charge in [0.05, 0.1) is 17.7 Å². The summed E-state index contributed by atoms with van der Waals surface area (Å²) in [6, 6.07) is 26.8. The van der Waals surface area contributed by atoms with Gasteiger partial charge >= 0.3 is 0 Å². The van der Waals surface area contributed by atoms with Gasteiger partial charge in [0, 0.05) is 52.4 Å². The molecule has 0 radical (unpaired) electrons. The molecule has 2 aliphatic rings. The molecule has 69 heavy (non-hydrogen) atoms. The molecule has 9 rings (SSSR count). The van der Waals surface area contributed by atoms with Crippen molar-refractivity contribution in [1.82, 2.24) is 45.1 Å². The predicted molar refractivity (Wildman–Crippen MR) is 270 cm³/mol. The van der Waals surface area contributed by atoms with Crippen LogP contribution in [-0.4, -0.2) is 81.8 Å². The summed E-state index contributed by atoms with van der Waals surface area (Å²) in [7, 11) is 0. The standard InChI is InChI=1S/C53H57ClN10O4S/c1-7-55-52(68)51-61-59-49(42-25-41(30(2)3)44(65)27-45(42)66)64(51)40-18-12-34(13-19-40)24-35-20-22-62(23-21-35)29-37-10-8-36(9-11-37)28-56-46(67)26-43-50-60-58-33(6)63(50)53-47(31(4)32(5)69-53)48(57-43)38-14-16-39(54)17-15-38/h8-19,25,27,30,35,43,65-66H,7,20-24,26,28-29H2,1-6H3,(H,55,68)(H,56,67)/t43-/m0/s1. The minimum atomic E-state index is -0.536. The highest BCUT2D eigenvalue weighted by molar-refractivity contribution is 7.15. The summed E-state index contributed by atoms with van der Waals surface area (Å²) in [5.41, 5.74) is 9.12. The molecule has 0 spiro atoms. The number of phenols is 2. The number of amides is 2. The Kier molecular flexibility index (Phi) is 13.8. The van der Waals surface area contributed by atoms with Crippen LogP contribution in [0.25, 0.3) is 22.1 Å². The second-order valence-corrected chi connectivity index (χ2v) is 20.1. The van der Waals surface area contributed by atoms with Gasteiger partial charge in [0.1, 0.15) is 28.4 Å². The van der Waals surface area contributed by atoms with Crippen molar-refractivity contribution in [1.29, 1.82) is 0 Å². The van der Waals surface area contributed by atoms with Crippen LogP contribution in [0.4, 0.5) is 0 Å². The number of rotatable bonds is 14. The zero-order valence-corrected chi connectivity index (χ0v) is 41.3. The smallest absolute Gasteiger partial charge is 0.289 e. The van der Waals surface area contributed by atoms with E-state index < -0.39 is 6.04 Å². The number of nitrogens with one attached hydrogen (secondary N) is 2. The first-order valence-electron chi connectivity index (χ1n) is 23.6. The molecule has 0 aliphatic carbocycles. The Bertz CT molecular complexity index is 3040. The van der Waals surface area contributed by atoms with Crippen LogP contribution < -0.4 is 10.6 Å². The van der Waals surface area contributed by atoms with Crippen LogP contribution >= 0.6 is 22.9 Å². The maximum atomic E-state index is 13.6. The monoisotopic (exact) mass is 964 g/mol. The lowest BCUT2D eigenvalue weighted by atomic mass is 9.90. The van der Waals surface area contributed by atoms with Crippen molar-refractivity contribution in [3.8, 4) is 33.6 Å². The molecule has 0 bridgehead atoms. The molecule has 2 amide bonds. The fourth-order valence-corrected chi connectivity index (χ4v) is 10.7. The van der Waals surface area contributed by atoms with Crippen LogP contribution in [0.1, 0.15) is 118 Å². The van der Waals surface area contributed by atoms with Gasteiger partial charge in [0.2, 0.25) is 11.7 Å². The molecule has 1 saturated heterocycles. The van der Waals surface area contributed by atoms with E-state index in [0.29, 0.717) is 52.5 Å². The Hall–Kier alpha value is -6.68. The van der Waals surface area contributed by atoms with Gasteiger partial charge in [-0.1, -0.05) is 74.0 Å². The van der Waals surface area contributed by atoms with E-state index in [2.05, 4.69) is 90.7 Å². The van der Waals surface area contributed by atoms with Crippen LogP contribution in [-0.2, 0) is 24.3 Å². The third kappa shape index (κ3) is 9.94. The molecule has 356 valence electrons. The van der Waals surface area contributed by atoms with Crippen molar-refractivity contribution >= 4 is 40.5 Å². The first-order valence-corrected chi connectivity index (χ1v) is 24.8. The van der Waals surface area contributed by atoms with Crippen LogP contribution in [0.5, 0.6) is 11.5 Å². The number of aromatic nitrogens is 6. The van der Waals surface area contributed by atoms with Crippen molar-refractivity contribution in [2.75, 3.05) is 19.6 Å². The molecule has 3 aromatic heterocycles. The van der Waals surface area contributed by atoms with E-state index in [1.807, 2.05) is 64.1 Å². The highest BCUT2D eigenvalue weighted by atomic mass is 35.5. The van der Waals surface area contributed by atoms with E-state index in [4.69, 9.17) is 16.6 Å². The van der Waals surface area contributed by atoms with Gasteiger partial charge in [0.15, 0.2) is 11.6 Å². The number of nitrogens with zero attached hydrogens (tertiary/aromatic N) is 8. The summed E-state index contributed by atoms with van der Waals surface area (Å²) in [5, 5.41) is 46.6. The van der Waals surface area contributed by atoms with Crippen molar-refractivity contribution in [3.05, 3.63) is 151 Å². The molecule has 2 aliphatic heterocycles. The first kappa shape index (κ1) is 47.4. The highest BCUT2D eigenvalue weighted by Crippen LogP contribution is 2.41. The number of likely N-dealkylation sites (tertiary alicyclic amines) is 1. The normalized spacial score (nSPS) is 15.1. The average molecular weight is 966 g/mol. The van der Waals surface area contributed by atoms with E-state index in [0.717, 1.165) is 77.7 Å². The summed E-state index contributed by atoms with van der Waals surface area (Å²) in [6.45, 7) is 15.6. The Morgan fingerprint density at radius 1 is 0.826 bits per heavy atom. The number of thiophene rings is 1. The second kappa shape index (κ2) is 20.1. The summed E-state index contributed by atoms with van der Waals surface area (Å²) in [6.07, 6.45) is 3.22. The quantitative estimate of drug-likeness (QED) is 0.0828. The molecule has 4 N–H and O–H groups in total. The number of benzene rings is 4. The van der Waals surface area contributed by atoms with Crippen molar-refractivity contribution < 1.29 is 19.8 Å². The predicted octanol–water partition coefficient (Wildman–Crippen LogP) is 9.49. The zero-order chi connectivity index (χ0) is 48.5. The Morgan fingerprint density at radius 3 is 2.22 bits per heavy atom. The number of carbonyl (C=O) groups excluding carboxylic acids is 2. The zero-order valence-electron chi connectivity index (χ0n) is 39.8. The van der Waals surface area contributed by atoms with E-state index in [9.17, 15) is 19.8 Å². The molecule has 7 aromatic rings. The number of halogens is 1. The van der Waals surface area contributed by atoms with Gasteiger partial charge in [-0.3, -0.25) is 28.6 Å². The summed E-state index contributed by atoms with van der Waals surface area (Å²) < 4.78 is 3.72. The van der Waals surface area contributed by atoms with Gasteiger partial charge in [-0.05, 0) is 130 Å². The molecular formula is C53H57ClN10O4S. The van der Waals surface area contributed by atoms with Gasteiger partial charge in [0.25, 0.3) is 5.91 Å². The van der Waals surface area contributed by atoms with Crippen molar-refractivity contribution in [3.63, 3.8) is 0 Å². The van der Waals surface area contributed by atoms with E-state index in [1.165, 1.54) is 22.1 Å². The molecular weight excluding hydrogens is 908 g/mol.